The van der Waals surface area contributed by atoms with Crippen LogP contribution in [-0.4, -0.2) is 44.7 Å². The van der Waals surface area contributed by atoms with Gasteiger partial charge in [0.15, 0.2) is 11.4 Å². The van der Waals surface area contributed by atoms with E-state index in [1.807, 2.05) is 73.7 Å². The molecule has 2 heterocycles. The standard InChI is InChI=1S/C29H31N5O4S/c1-2-30-28(36)33-23-10-6-9-22(15-23)27-37-24(17-39-29-31-18-32-34-29)25(20-7-4-3-5-8-20)26(38-27)21-13-11-19(16-35)12-14-21/h3-15,18,24-27,35H,2,16-17H2,1H3,(H2,30,33,36)(H,31,32,34)/t24-,25-,26+,27?/m1/s1. The Morgan fingerprint density at radius 2 is 1.79 bits per heavy atom. The van der Waals surface area contributed by atoms with Gasteiger partial charge >= 0.3 is 6.03 Å². The van der Waals surface area contributed by atoms with Crippen LogP contribution in [0.25, 0.3) is 0 Å². The number of nitrogens with one attached hydrogen (secondary N) is 3. The molecule has 1 unspecified atom stereocenters. The average Bonchev–Trinajstić information content (AvgIpc) is 3.50. The van der Waals surface area contributed by atoms with Crippen LogP contribution in [0.1, 0.15) is 47.5 Å². The van der Waals surface area contributed by atoms with E-state index in [1.165, 1.54) is 6.33 Å². The molecule has 4 aromatic rings. The molecule has 4 atom stereocenters. The number of aliphatic hydroxyl groups excluding tert-OH is 1. The van der Waals surface area contributed by atoms with Crippen molar-refractivity contribution in [1.29, 1.82) is 0 Å². The number of hydrogen-bond donors (Lipinski definition) is 4. The molecule has 1 aromatic heterocycles. The number of rotatable bonds is 9. The van der Waals surface area contributed by atoms with Crippen LogP contribution in [0.5, 0.6) is 0 Å². The number of thioether (sulfide) groups is 1. The van der Waals surface area contributed by atoms with Gasteiger partial charge in [-0.15, -0.1) is 0 Å². The molecule has 202 valence electrons. The van der Waals surface area contributed by atoms with E-state index in [4.69, 9.17) is 9.47 Å². The Labute approximate surface area is 231 Å². The first-order chi connectivity index (χ1) is 19.1. The predicted molar refractivity (Wildman–Crippen MR) is 149 cm³/mol. The maximum atomic E-state index is 12.1. The smallest absolute Gasteiger partial charge is 0.319 e. The van der Waals surface area contributed by atoms with Gasteiger partial charge in [0, 0.05) is 29.5 Å². The lowest BCUT2D eigenvalue weighted by Crippen LogP contribution is -2.38. The second kappa shape index (κ2) is 12.9. The van der Waals surface area contributed by atoms with Gasteiger partial charge in [0.25, 0.3) is 0 Å². The summed E-state index contributed by atoms with van der Waals surface area (Å²) in [4.78, 5) is 16.4. The van der Waals surface area contributed by atoms with Gasteiger partial charge in [0.05, 0.1) is 18.8 Å². The number of H-pyrrole nitrogens is 1. The fourth-order valence-electron chi connectivity index (χ4n) is 4.68. The third kappa shape index (κ3) is 6.66. The van der Waals surface area contributed by atoms with Gasteiger partial charge in [0.1, 0.15) is 6.33 Å². The number of ether oxygens (including phenoxy) is 2. The molecule has 0 spiro atoms. The molecular formula is C29H31N5O4S. The summed E-state index contributed by atoms with van der Waals surface area (Å²) in [5.74, 6) is 0.492. The molecule has 5 rings (SSSR count). The number of carbonyl (C=O) groups is 1. The number of hydrogen-bond acceptors (Lipinski definition) is 7. The first-order valence-electron chi connectivity index (χ1n) is 12.8. The number of benzene rings is 3. The van der Waals surface area contributed by atoms with Crippen molar-refractivity contribution in [2.75, 3.05) is 17.6 Å². The highest BCUT2D eigenvalue weighted by molar-refractivity contribution is 7.99. The summed E-state index contributed by atoms with van der Waals surface area (Å²) in [6.45, 7) is 2.37. The number of aromatic amines is 1. The lowest BCUT2D eigenvalue weighted by molar-refractivity contribution is -0.255. The third-order valence-electron chi connectivity index (χ3n) is 6.50. The van der Waals surface area contributed by atoms with Gasteiger partial charge in [0.2, 0.25) is 0 Å². The molecule has 0 saturated carbocycles. The van der Waals surface area contributed by atoms with Gasteiger partial charge in [-0.1, -0.05) is 78.5 Å². The van der Waals surface area contributed by atoms with Crippen molar-refractivity contribution in [2.45, 2.75) is 43.1 Å². The first-order valence-corrected chi connectivity index (χ1v) is 13.8. The van der Waals surface area contributed by atoms with Crippen molar-refractivity contribution in [2.24, 2.45) is 0 Å². The maximum Gasteiger partial charge on any atom is 0.319 e. The van der Waals surface area contributed by atoms with Crippen molar-refractivity contribution in [1.82, 2.24) is 20.5 Å². The number of aromatic nitrogens is 3. The van der Waals surface area contributed by atoms with E-state index in [9.17, 15) is 9.90 Å². The Hall–Kier alpha value is -3.70. The van der Waals surface area contributed by atoms with Gasteiger partial charge in [-0.3, -0.25) is 5.10 Å². The molecule has 0 radical (unpaired) electrons. The Balaban J connectivity index is 1.50. The van der Waals surface area contributed by atoms with Crippen molar-refractivity contribution < 1.29 is 19.4 Å². The second-order valence-corrected chi connectivity index (χ2v) is 10.1. The normalized spacial score (nSPS) is 20.9. The summed E-state index contributed by atoms with van der Waals surface area (Å²) in [6, 6.07) is 25.3. The van der Waals surface area contributed by atoms with E-state index in [1.54, 1.807) is 11.8 Å². The minimum Gasteiger partial charge on any atom is -0.392 e. The molecule has 4 N–H and O–H groups in total. The van der Waals surface area contributed by atoms with E-state index >= 15 is 0 Å². The fraction of sp³-hybridized carbons (Fsp3) is 0.276. The van der Waals surface area contributed by atoms with Crippen LogP contribution >= 0.6 is 11.8 Å². The average molecular weight is 546 g/mol. The molecule has 0 aliphatic carbocycles. The van der Waals surface area contributed by atoms with E-state index in [2.05, 4.69) is 37.9 Å². The molecule has 0 bridgehead atoms. The van der Waals surface area contributed by atoms with Crippen LogP contribution in [0.4, 0.5) is 10.5 Å². The molecule has 1 aliphatic rings. The number of nitrogens with zero attached hydrogens (tertiary/aromatic N) is 2. The molecule has 9 nitrogen and oxygen atoms in total. The number of anilines is 1. The highest BCUT2D eigenvalue weighted by atomic mass is 32.2. The van der Waals surface area contributed by atoms with Crippen molar-refractivity contribution >= 4 is 23.5 Å². The summed E-state index contributed by atoms with van der Waals surface area (Å²) in [6.07, 6.45) is 0.232. The fourth-order valence-corrected chi connectivity index (χ4v) is 5.52. The summed E-state index contributed by atoms with van der Waals surface area (Å²) in [5.41, 5.74) is 4.36. The van der Waals surface area contributed by atoms with Crippen LogP contribution in [0.3, 0.4) is 0 Å². The summed E-state index contributed by atoms with van der Waals surface area (Å²) >= 11 is 1.54. The predicted octanol–water partition coefficient (Wildman–Crippen LogP) is 5.17. The first kappa shape index (κ1) is 26.9. The van der Waals surface area contributed by atoms with E-state index in [0.717, 1.165) is 22.3 Å². The van der Waals surface area contributed by atoms with Gasteiger partial charge in [-0.05, 0) is 35.7 Å². The Morgan fingerprint density at radius 3 is 2.51 bits per heavy atom. The van der Waals surface area contributed by atoms with Crippen molar-refractivity contribution in [3.8, 4) is 0 Å². The summed E-state index contributed by atoms with van der Waals surface area (Å²) in [5, 5.41) is 22.8. The Morgan fingerprint density at radius 1 is 1.00 bits per heavy atom. The monoisotopic (exact) mass is 545 g/mol. The minimum atomic E-state index is -0.677. The number of amides is 2. The van der Waals surface area contributed by atoms with Gasteiger partial charge in [-0.25, -0.2) is 9.78 Å². The van der Waals surface area contributed by atoms with Crippen LogP contribution in [0.2, 0.25) is 0 Å². The molecule has 1 aliphatic heterocycles. The van der Waals surface area contributed by atoms with E-state index in [-0.39, 0.29) is 30.8 Å². The summed E-state index contributed by atoms with van der Waals surface area (Å²) < 4.78 is 13.4. The quantitative estimate of drug-likeness (QED) is 0.214. The molecule has 39 heavy (non-hydrogen) atoms. The zero-order valence-corrected chi connectivity index (χ0v) is 22.3. The van der Waals surface area contributed by atoms with Crippen LogP contribution in [0.15, 0.2) is 90.3 Å². The zero-order chi connectivity index (χ0) is 27.0. The van der Waals surface area contributed by atoms with E-state index < -0.39 is 6.29 Å². The molecular weight excluding hydrogens is 514 g/mol. The molecule has 1 fully saturated rings. The second-order valence-electron chi connectivity index (χ2n) is 9.11. The molecule has 10 heteroatoms. The summed E-state index contributed by atoms with van der Waals surface area (Å²) in [7, 11) is 0. The highest BCUT2D eigenvalue weighted by Gasteiger charge is 2.42. The third-order valence-corrected chi connectivity index (χ3v) is 7.47. The Kier molecular flexibility index (Phi) is 8.89. The zero-order valence-electron chi connectivity index (χ0n) is 21.5. The molecule has 2 amide bonds. The van der Waals surface area contributed by atoms with Crippen LogP contribution in [-0.2, 0) is 16.1 Å². The van der Waals surface area contributed by atoms with Crippen LogP contribution in [0, 0.1) is 0 Å². The van der Waals surface area contributed by atoms with Gasteiger partial charge in [-0.2, -0.15) is 5.10 Å². The number of urea groups is 1. The minimum absolute atomic E-state index is 0.0263. The van der Waals surface area contributed by atoms with E-state index in [0.29, 0.717) is 23.1 Å². The van der Waals surface area contributed by atoms with Crippen molar-refractivity contribution in [3.05, 3.63) is 107 Å². The Bertz CT molecular complexity index is 1340. The lowest BCUT2D eigenvalue weighted by Gasteiger charge is -2.43. The maximum absolute atomic E-state index is 12.1. The SMILES string of the molecule is CCNC(=O)Nc1cccc(C2O[C@H](CSc3ncn[nH]3)[C@@H](c3ccccc3)[C@H](c3ccc(CO)cc3)O2)c1. The molecule has 1 saturated heterocycles. The number of carbonyl (C=O) groups excluding carboxylic acids is 1. The molecule has 3 aromatic carbocycles. The topological polar surface area (TPSA) is 121 Å². The van der Waals surface area contributed by atoms with Crippen LogP contribution < -0.4 is 10.6 Å². The largest absolute Gasteiger partial charge is 0.392 e. The lowest BCUT2D eigenvalue weighted by atomic mass is 9.84. The highest BCUT2D eigenvalue weighted by Crippen LogP contribution is 2.48. The van der Waals surface area contributed by atoms with Gasteiger partial charge < -0.3 is 25.2 Å². The number of aliphatic hydroxyl groups is 1. The van der Waals surface area contributed by atoms with Crippen molar-refractivity contribution in [3.63, 3.8) is 0 Å².